The molecule has 1 rings (SSSR count). The molecule has 1 aromatic rings. The quantitative estimate of drug-likeness (QED) is 0.521. The number of aromatic amines is 1. The summed E-state index contributed by atoms with van der Waals surface area (Å²) in [6.45, 7) is 8.01. The second-order valence-corrected chi connectivity index (χ2v) is 3.29. The van der Waals surface area contributed by atoms with Crippen molar-refractivity contribution in [2.75, 3.05) is 19.8 Å². The van der Waals surface area contributed by atoms with Crippen LogP contribution in [0.4, 0.5) is 0 Å². The summed E-state index contributed by atoms with van der Waals surface area (Å²) in [4.78, 5) is 3.18. The summed E-state index contributed by atoms with van der Waals surface area (Å²) < 4.78 is 12.8. The van der Waals surface area contributed by atoms with Crippen LogP contribution in [0, 0.1) is 0 Å². The Labute approximate surface area is 91.2 Å². The van der Waals surface area contributed by atoms with Crippen LogP contribution in [0.25, 0.3) is 0 Å². The molecular formula is C11H21N2O2+. The van der Waals surface area contributed by atoms with Gasteiger partial charge in [-0.2, -0.15) is 0 Å². The van der Waals surface area contributed by atoms with E-state index in [1.54, 1.807) is 0 Å². The van der Waals surface area contributed by atoms with Crippen LogP contribution in [0.5, 0.6) is 0 Å². The van der Waals surface area contributed by atoms with Gasteiger partial charge in [0, 0.05) is 19.6 Å². The zero-order valence-electron chi connectivity index (χ0n) is 9.66. The van der Waals surface area contributed by atoms with Crippen LogP contribution in [-0.2, 0) is 22.6 Å². The third-order valence-electron chi connectivity index (χ3n) is 2.19. The molecule has 4 nitrogen and oxygen atoms in total. The van der Waals surface area contributed by atoms with E-state index in [2.05, 4.69) is 9.55 Å². The molecule has 0 aromatic carbocycles. The van der Waals surface area contributed by atoms with E-state index >= 15 is 0 Å². The van der Waals surface area contributed by atoms with Gasteiger partial charge in [-0.1, -0.05) is 0 Å². The maximum absolute atomic E-state index is 5.36. The minimum atomic E-state index is 0.651. The number of aryl methyl sites for hydroxylation is 1. The van der Waals surface area contributed by atoms with Crippen LogP contribution >= 0.6 is 0 Å². The fraction of sp³-hybridized carbons (Fsp3) is 0.727. The molecule has 0 atom stereocenters. The number of hydrogen-bond donors (Lipinski definition) is 1. The van der Waals surface area contributed by atoms with E-state index in [1.807, 2.05) is 26.2 Å². The molecule has 0 aliphatic carbocycles. The van der Waals surface area contributed by atoms with Gasteiger partial charge in [0.15, 0.2) is 0 Å². The van der Waals surface area contributed by atoms with Crippen molar-refractivity contribution in [3.8, 4) is 0 Å². The van der Waals surface area contributed by atoms with Gasteiger partial charge in [0.1, 0.15) is 19.0 Å². The second kappa shape index (κ2) is 7.43. The average Bonchev–Trinajstić information content (AvgIpc) is 2.69. The fourth-order valence-electron chi connectivity index (χ4n) is 1.41. The molecular weight excluding hydrogens is 192 g/mol. The smallest absolute Gasteiger partial charge is 0.280 e. The average molecular weight is 213 g/mol. The Hall–Kier alpha value is -0.870. The largest absolute Gasteiger partial charge is 0.382 e. The number of nitrogens with one attached hydrogen (secondary N) is 1. The Bertz CT molecular complexity index is 261. The van der Waals surface area contributed by atoms with Crippen molar-refractivity contribution in [1.29, 1.82) is 0 Å². The van der Waals surface area contributed by atoms with Crippen molar-refractivity contribution in [3.05, 3.63) is 18.2 Å². The van der Waals surface area contributed by atoms with E-state index in [1.165, 1.54) is 0 Å². The second-order valence-electron chi connectivity index (χ2n) is 3.29. The molecule has 4 heteroatoms. The molecule has 0 spiro atoms. The van der Waals surface area contributed by atoms with Crippen molar-refractivity contribution < 1.29 is 14.0 Å². The van der Waals surface area contributed by atoms with Gasteiger partial charge in [-0.3, -0.25) is 0 Å². The number of hydrogen-bond acceptors (Lipinski definition) is 2. The number of H-pyrrole nitrogens is 1. The van der Waals surface area contributed by atoms with Gasteiger partial charge in [0.05, 0.1) is 13.2 Å². The number of nitrogens with zero attached hydrogens (tertiary/aromatic N) is 1. The van der Waals surface area contributed by atoms with E-state index in [0.717, 1.165) is 38.6 Å². The van der Waals surface area contributed by atoms with Crippen molar-refractivity contribution in [3.63, 3.8) is 0 Å². The molecule has 0 saturated carbocycles. The molecule has 1 N–H and O–H groups in total. The first-order valence-corrected chi connectivity index (χ1v) is 5.59. The lowest BCUT2D eigenvalue weighted by molar-refractivity contribution is -0.705. The van der Waals surface area contributed by atoms with Gasteiger partial charge in [0.2, 0.25) is 0 Å². The van der Waals surface area contributed by atoms with Crippen LogP contribution < -0.4 is 4.57 Å². The van der Waals surface area contributed by atoms with E-state index in [4.69, 9.17) is 9.47 Å². The highest BCUT2D eigenvalue weighted by molar-refractivity contribution is 4.73. The lowest BCUT2D eigenvalue weighted by Crippen LogP contribution is -2.37. The topological polar surface area (TPSA) is 38.1 Å². The molecule has 15 heavy (non-hydrogen) atoms. The van der Waals surface area contributed by atoms with Gasteiger partial charge in [0.25, 0.3) is 5.82 Å². The molecule has 86 valence electrons. The van der Waals surface area contributed by atoms with E-state index in [0.29, 0.717) is 6.61 Å². The van der Waals surface area contributed by atoms with Crippen LogP contribution in [-0.4, -0.2) is 24.8 Å². The maximum Gasteiger partial charge on any atom is 0.280 e. The minimum Gasteiger partial charge on any atom is -0.382 e. The van der Waals surface area contributed by atoms with Gasteiger partial charge in [-0.25, -0.2) is 9.55 Å². The molecule has 0 amide bonds. The van der Waals surface area contributed by atoms with Crippen molar-refractivity contribution in [2.45, 2.75) is 33.4 Å². The van der Waals surface area contributed by atoms with E-state index in [9.17, 15) is 0 Å². The Kier molecular flexibility index (Phi) is 6.04. The highest BCUT2D eigenvalue weighted by atomic mass is 16.5. The lowest BCUT2D eigenvalue weighted by Gasteiger charge is -2.02. The molecule has 0 bridgehead atoms. The third kappa shape index (κ3) is 4.44. The van der Waals surface area contributed by atoms with Gasteiger partial charge < -0.3 is 9.47 Å². The number of aromatic nitrogens is 2. The first-order valence-electron chi connectivity index (χ1n) is 5.59. The summed E-state index contributed by atoms with van der Waals surface area (Å²) in [5.41, 5.74) is 0. The van der Waals surface area contributed by atoms with E-state index < -0.39 is 0 Å². The van der Waals surface area contributed by atoms with Gasteiger partial charge in [-0.15, -0.1) is 0 Å². The molecule has 0 radical (unpaired) electrons. The van der Waals surface area contributed by atoms with Crippen LogP contribution in [0.1, 0.15) is 26.1 Å². The highest BCUT2D eigenvalue weighted by Crippen LogP contribution is 1.92. The number of rotatable bonds is 8. The maximum atomic E-state index is 5.36. The van der Waals surface area contributed by atoms with Crippen LogP contribution in [0.3, 0.4) is 0 Å². The van der Waals surface area contributed by atoms with Crippen molar-refractivity contribution >= 4 is 0 Å². The lowest BCUT2D eigenvalue weighted by atomic mass is 10.4. The molecule has 1 aromatic heterocycles. The molecule has 0 saturated heterocycles. The summed E-state index contributed by atoms with van der Waals surface area (Å²) in [6.07, 6.45) is 5.02. The summed E-state index contributed by atoms with van der Waals surface area (Å²) in [7, 11) is 0. The summed E-state index contributed by atoms with van der Waals surface area (Å²) in [6, 6.07) is 0. The van der Waals surface area contributed by atoms with Gasteiger partial charge >= 0.3 is 0 Å². The predicted molar refractivity (Wildman–Crippen MR) is 57.4 cm³/mol. The van der Waals surface area contributed by atoms with E-state index in [-0.39, 0.29) is 0 Å². The highest BCUT2D eigenvalue weighted by Gasteiger charge is 2.09. The Morgan fingerprint density at radius 3 is 2.80 bits per heavy atom. The zero-order chi connectivity index (χ0) is 10.9. The monoisotopic (exact) mass is 213 g/mol. The summed E-state index contributed by atoms with van der Waals surface area (Å²) in [5.74, 6) is 1.12. The molecule has 0 aliphatic rings. The first kappa shape index (κ1) is 12.2. The number of imidazole rings is 1. The summed E-state index contributed by atoms with van der Waals surface area (Å²) in [5, 5.41) is 0. The fourth-order valence-corrected chi connectivity index (χ4v) is 1.41. The Morgan fingerprint density at radius 1 is 1.27 bits per heavy atom. The Balaban J connectivity index is 2.29. The van der Waals surface area contributed by atoms with Crippen LogP contribution in [0.15, 0.2) is 12.4 Å². The standard InChI is InChI=1S/C11H20N2O2/c1-3-14-9-5-7-13-8-6-12-11(13)10-15-4-2/h6,8H,3-5,7,9-10H2,1-2H3/p+1. The normalized spacial score (nSPS) is 10.8. The van der Waals surface area contributed by atoms with Crippen molar-refractivity contribution in [2.24, 2.45) is 0 Å². The van der Waals surface area contributed by atoms with Crippen molar-refractivity contribution in [1.82, 2.24) is 4.98 Å². The third-order valence-corrected chi connectivity index (χ3v) is 2.19. The van der Waals surface area contributed by atoms with Gasteiger partial charge in [-0.05, 0) is 13.8 Å². The SMILES string of the molecule is CCOCCC[n+]1cc[nH]c1COCC. The first-order chi connectivity index (χ1) is 7.38. The van der Waals surface area contributed by atoms with Crippen LogP contribution in [0.2, 0.25) is 0 Å². The minimum absolute atomic E-state index is 0.651. The molecule has 1 heterocycles. The number of ether oxygens (including phenoxy) is 2. The molecule has 0 fully saturated rings. The zero-order valence-corrected chi connectivity index (χ0v) is 9.66. The Morgan fingerprint density at radius 2 is 2.07 bits per heavy atom. The molecule has 0 unspecified atom stereocenters. The summed E-state index contributed by atoms with van der Waals surface area (Å²) >= 11 is 0. The molecule has 0 aliphatic heterocycles. The predicted octanol–water partition coefficient (Wildman–Crippen LogP) is 1.27.